The lowest BCUT2D eigenvalue weighted by Gasteiger charge is -2.14. The van der Waals surface area contributed by atoms with Gasteiger partial charge in [0.15, 0.2) is 0 Å². The molecule has 3 rings (SSSR count). The van der Waals surface area contributed by atoms with Gasteiger partial charge >= 0.3 is 12.2 Å². The lowest BCUT2D eigenvalue weighted by Crippen LogP contribution is -2.21. The Balaban J connectivity index is 1.76. The summed E-state index contributed by atoms with van der Waals surface area (Å²) in [6.07, 6.45) is -3.37. The summed E-state index contributed by atoms with van der Waals surface area (Å²) in [7, 11) is 0. The maximum atomic E-state index is 13.0. The van der Waals surface area contributed by atoms with Gasteiger partial charge in [-0.25, -0.2) is 14.8 Å². The molecule has 0 saturated carbocycles. The lowest BCUT2D eigenvalue weighted by atomic mass is 10.1. The number of carbonyl (C=O) groups is 1. The number of nitrogens with zero attached hydrogens (tertiary/aromatic N) is 2. The standard InChI is InChI=1S/C20H15F3N6O/c21-20(22,23)15-6-1-2-7-16(15)29-19(30)28-13-5-3-4-12(10-13)8-9-14-17(24)26-11-27-18(14)25/h1-7,10-11H,(H2,28,29,30)(H4,24,25,26,27). The summed E-state index contributed by atoms with van der Waals surface area (Å²) in [5, 5.41) is 4.67. The van der Waals surface area contributed by atoms with Crippen molar-refractivity contribution in [1.29, 1.82) is 0 Å². The van der Waals surface area contributed by atoms with Crippen LogP contribution in [0, 0.1) is 11.8 Å². The van der Waals surface area contributed by atoms with E-state index in [4.69, 9.17) is 11.5 Å². The van der Waals surface area contributed by atoms with Crippen LogP contribution >= 0.6 is 0 Å². The Hall–Kier alpha value is -4.26. The zero-order valence-corrected chi connectivity index (χ0v) is 15.3. The molecule has 0 radical (unpaired) electrons. The van der Waals surface area contributed by atoms with Crippen molar-refractivity contribution in [1.82, 2.24) is 9.97 Å². The van der Waals surface area contributed by atoms with Gasteiger partial charge in [-0.05, 0) is 30.3 Å². The average Bonchev–Trinajstić information content (AvgIpc) is 2.67. The molecule has 0 aliphatic heterocycles. The van der Waals surface area contributed by atoms with Crippen molar-refractivity contribution in [2.45, 2.75) is 6.18 Å². The molecule has 0 fully saturated rings. The molecule has 0 unspecified atom stereocenters. The predicted molar refractivity (Wildman–Crippen MR) is 107 cm³/mol. The van der Waals surface area contributed by atoms with Gasteiger partial charge in [-0.15, -0.1) is 0 Å². The smallest absolute Gasteiger partial charge is 0.382 e. The van der Waals surface area contributed by atoms with Crippen LogP contribution in [0.5, 0.6) is 0 Å². The number of carbonyl (C=O) groups excluding carboxylic acids is 1. The summed E-state index contributed by atoms with van der Waals surface area (Å²) in [6, 6.07) is 10.3. The van der Waals surface area contributed by atoms with Gasteiger partial charge in [-0.3, -0.25) is 0 Å². The quantitative estimate of drug-likeness (QED) is 0.479. The number of nitrogens with two attached hydrogens (primary N) is 2. The highest BCUT2D eigenvalue weighted by molar-refractivity contribution is 6.00. The number of benzene rings is 2. The Morgan fingerprint density at radius 3 is 2.33 bits per heavy atom. The summed E-state index contributed by atoms with van der Waals surface area (Å²) in [6.45, 7) is 0. The second kappa shape index (κ2) is 8.40. The molecule has 0 aliphatic carbocycles. The first-order valence-electron chi connectivity index (χ1n) is 8.46. The van der Waals surface area contributed by atoms with Crippen molar-refractivity contribution in [2.24, 2.45) is 0 Å². The van der Waals surface area contributed by atoms with Crippen molar-refractivity contribution >= 4 is 29.0 Å². The van der Waals surface area contributed by atoms with Gasteiger partial charge in [-0.1, -0.05) is 30.0 Å². The molecule has 0 bridgehead atoms. The molecule has 7 nitrogen and oxygen atoms in total. The van der Waals surface area contributed by atoms with Crippen molar-refractivity contribution in [3.8, 4) is 11.8 Å². The number of urea groups is 1. The first kappa shape index (κ1) is 20.5. The molecule has 30 heavy (non-hydrogen) atoms. The maximum absolute atomic E-state index is 13.0. The maximum Gasteiger partial charge on any atom is 0.418 e. The van der Waals surface area contributed by atoms with E-state index in [0.29, 0.717) is 11.3 Å². The monoisotopic (exact) mass is 412 g/mol. The number of rotatable bonds is 2. The first-order chi connectivity index (χ1) is 14.2. The zero-order valence-electron chi connectivity index (χ0n) is 15.3. The molecule has 152 valence electrons. The van der Waals surface area contributed by atoms with E-state index >= 15 is 0 Å². The van der Waals surface area contributed by atoms with E-state index < -0.39 is 17.8 Å². The molecule has 3 aromatic rings. The number of nitrogens with one attached hydrogen (secondary N) is 2. The average molecular weight is 412 g/mol. The Morgan fingerprint density at radius 1 is 0.933 bits per heavy atom. The summed E-state index contributed by atoms with van der Waals surface area (Å²) >= 11 is 0. The Bertz CT molecular complexity index is 1130. The molecular weight excluding hydrogens is 397 g/mol. The first-order valence-corrected chi connectivity index (χ1v) is 8.46. The van der Waals surface area contributed by atoms with Gasteiger partial charge in [0, 0.05) is 11.3 Å². The summed E-state index contributed by atoms with van der Waals surface area (Å²) in [5.74, 6) is 5.85. The van der Waals surface area contributed by atoms with Gasteiger partial charge in [0.2, 0.25) is 0 Å². The molecule has 2 aromatic carbocycles. The van der Waals surface area contributed by atoms with Crippen LogP contribution in [0.25, 0.3) is 0 Å². The van der Waals surface area contributed by atoms with E-state index in [1.165, 1.54) is 24.5 Å². The van der Waals surface area contributed by atoms with Crippen LogP contribution in [0.3, 0.4) is 0 Å². The third-order valence-corrected chi connectivity index (χ3v) is 3.84. The highest BCUT2D eigenvalue weighted by Gasteiger charge is 2.33. The second-order valence-electron chi connectivity index (χ2n) is 5.97. The van der Waals surface area contributed by atoms with Gasteiger partial charge < -0.3 is 22.1 Å². The highest BCUT2D eigenvalue weighted by Crippen LogP contribution is 2.34. The number of para-hydroxylation sites is 1. The predicted octanol–water partition coefficient (Wildman–Crippen LogP) is 3.70. The van der Waals surface area contributed by atoms with E-state index in [9.17, 15) is 18.0 Å². The van der Waals surface area contributed by atoms with Gasteiger partial charge in [0.1, 0.15) is 23.5 Å². The molecular formula is C20H15F3N6O. The third-order valence-electron chi connectivity index (χ3n) is 3.84. The van der Waals surface area contributed by atoms with E-state index in [0.717, 1.165) is 6.07 Å². The Labute approximate surface area is 169 Å². The number of alkyl halides is 3. The normalized spacial score (nSPS) is 10.6. The van der Waals surface area contributed by atoms with Crippen LogP contribution in [0.1, 0.15) is 16.7 Å². The topological polar surface area (TPSA) is 119 Å². The number of hydrogen-bond donors (Lipinski definition) is 4. The van der Waals surface area contributed by atoms with Crippen molar-refractivity contribution < 1.29 is 18.0 Å². The van der Waals surface area contributed by atoms with E-state index in [2.05, 4.69) is 32.4 Å². The molecule has 0 atom stereocenters. The number of anilines is 4. The summed E-state index contributed by atoms with van der Waals surface area (Å²) in [5.41, 5.74) is 11.2. The van der Waals surface area contributed by atoms with Crippen molar-refractivity contribution in [2.75, 3.05) is 22.1 Å². The molecule has 2 amide bonds. The lowest BCUT2D eigenvalue weighted by molar-refractivity contribution is -0.136. The largest absolute Gasteiger partial charge is 0.418 e. The number of nitrogen functional groups attached to an aromatic ring is 2. The van der Waals surface area contributed by atoms with Crippen LogP contribution in [-0.2, 0) is 6.18 Å². The number of hydrogen-bond acceptors (Lipinski definition) is 5. The van der Waals surface area contributed by atoms with Crippen LogP contribution in [0.2, 0.25) is 0 Å². The van der Waals surface area contributed by atoms with Gasteiger partial charge in [0.05, 0.1) is 11.3 Å². The highest BCUT2D eigenvalue weighted by atomic mass is 19.4. The Morgan fingerprint density at radius 2 is 1.63 bits per heavy atom. The minimum Gasteiger partial charge on any atom is -0.382 e. The zero-order chi connectivity index (χ0) is 21.7. The van der Waals surface area contributed by atoms with Crippen molar-refractivity contribution in [3.05, 3.63) is 71.5 Å². The number of aromatic nitrogens is 2. The molecule has 10 heteroatoms. The van der Waals surface area contributed by atoms with Crippen LogP contribution in [0.4, 0.5) is 41.0 Å². The summed E-state index contributed by atoms with van der Waals surface area (Å²) < 4.78 is 39.1. The van der Waals surface area contributed by atoms with Gasteiger partial charge in [0.25, 0.3) is 0 Å². The second-order valence-corrected chi connectivity index (χ2v) is 5.97. The Kier molecular flexibility index (Phi) is 5.73. The van der Waals surface area contributed by atoms with Crippen LogP contribution in [-0.4, -0.2) is 16.0 Å². The molecule has 1 aromatic heterocycles. The molecule has 0 aliphatic rings. The van der Waals surface area contributed by atoms with E-state index in [-0.39, 0.29) is 22.9 Å². The van der Waals surface area contributed by atoms with Gasteiger partial charge in [-0.2, -0.15) is 13.2 Å². The fourth-order valence-corrected chi connectivity index (χ4v) is 2.47. The number of halogens is 3. The van der Waals surface area contributed by atoms with Crippen molar-refractivity contribution in [3.63, 3.8) is 0 Å². The SMILES string of the molecule is Nc1ncnc(N)c1C#Cc1cccc(NC(=O)Nc2ccccc2C(F)(F)F)c1. The number of amides is 2. The molecule has 0 saturated heterocycles. The summed E-state index contributed by atoms with van der Waals surface area (Å²) in [4.78, 5) is 19.8. The fourth-order valence-electron chi connectivity index (χ4n) is 2.47. The fraction of sp³-hybridized carbons (Fsp3) is 0.0500. The minimum atomic E-state index is -4.59. The molecule has 1 heterocycles. The molecule has 6 N–H and O–H groups in total. The third kappa shape index (κ3) is 4.96. The van der Waals surface area contributed by atoms with Crippen LogP contribution in [0.15, 0.2) is 54.9 Å². The van der Waals surface area contributed by atoms with E-state index in [1.54, 1.807) is 24.3 Å². The minimum absolute atomic E-state index is 0.131. The molecule has 0 spiro atoms. The van der Waals surface area contributed by atoms with Crippen LogP contribution < -0.4 is 22.1 Å². The van der Waals surface area contributed by atoms with E-state index in [1.807, 2.05) is 0 Å².